The third kappa shape index (κ3) is 5.35. The number of amides is 1. The molecule has 0 saturated carbocycles. The molecule has 2 aliphatic rings. The van der Waals surface area contributed by atoms with E-state index in [2.05, 4.69) is 10.2 Å². The zero-order valence-electron chi connectivity index (χ0n) is 18.5. The van der Waals surface area contributed by atoms with Gasteiger partial charge in [-0.2, -0.15) is 4.31 Å². The number of piperidine rings is 1. The molecule has 0 spiro atoms. The molecule has 1 amide bonds. The topological polar surface area (TPSA) is 69.7 Å². The van der Waals surface area contributed by atoms with Crippen molar-refractivity contribution in [3.8, 4) is 0 Å². The quantitative estimate of drug-likeness (QED) is 0.694. The highest BCUT2D eigenvalue weighted by Crippen LogP contribution is 2.30. The van der Waals surface area contributed by atoms with E-state index in [1.165, 1.54) is 12.8 Å². The van der Waals surface area contributed by atoms with Crippen LogP contribution in [0.1, 0.15) is 38.5 Å². The minimum Gasteiger partial charge on any atom is -0.370 e. The van der Waals surface area contributed by atoms with Crippen LogP contribution in [0.15, 0.2) is 47.4 Å². The lowest BCUT2D eigenvalue weighted by Crippen LogP contribution is -2.41. The summed E-state index contributed by atoms with van der Waals surface area (Å²) in [5, 5.41) is 3.04. The van der Waals surface area contributed by atoms with Gasteiger partial charge in [0.1, 0.15) is 16.5 Å². The van der Waals surface area contributed by atoms with Crippen molar-refractivity contribution in [2.45, 2.75) is 43.4 Å². The Bertz CT molecular complexity index is 1090. The number of carbonyl (C=O) groups is 1. The Morgan fingerprint density at radius 2 is 1.58 bits per heavy atom. The number of sulfonamides is 1. The number of halogens is 2. The Morgan fingerprint density at radius 1 is 0.909 bits per heavy atom. The van der Waals surface area contributed by atoms with Gasteiger partial charge in [0.25, 0.3) is 0 Å². The summed E-state index contributed by atoms with van der Waals surface area (Å²) in [6.45, 7) is 2.06. The monoisotopic (exact) mass is 477 g/mol. The van der Waals surface area contributed by atoms with Crippen LogP contribution in [0.5, 0.6) is 0 Å². The fraction of sp³-hybridized carbons (Fsp3) is 0.458. The second kappa shape index (κ2) is 10.2. The number of hydrogen-bond acceptors (Lipinski definition) is 4. The Hall–Kier alpha value is -2.52. The standard InChI is InChI=1S/C24H29F2N3O3S/c25-19-9-10-20(26)23(17-19)33(31,32)29-15-11-18(12-16-29)24(30)27-21-7-3-4-8-22(21)28-13-5-1-2-6-14-28/h3-4,7-10,17-18H,1-2,5-6,11-16H2,(H,27,30). The van der Waals surface area contributed by atoms with Crippen molar-refractivity contribution in [2.75, 3.05) is 36.4 Å². The van der Waals surface area contributed by atoms with E-state index < -0.39 is 26.6 Å². The number of para-hydroxylation sites is 2. The van der Waals surface area contributed by atoms with Crippen molar-refractivity contribution in [2.24, 2.45) is 5.92 Å². The van der Waals surface area contributed by atoms with Gasteiger partial charge in [0, 0.05) is 32.1 Å². The van der Waals surface area contributed by atoms with Crippen molar-refractivity contribution in [3.05, 3.63) is 54.1 Å². The fourth-order valence-corrected chi connectivity index (χ4v) is 6.12. The molecule has 4 rings (SSSR count). The third-order valence-corrected chi connectivity index (χ3v) is 8.36. The van der Waals surface area contributed by atoms with Gasteiger partial charge in [-0.1, -0.05) is 25.0 Å². The maximum absolute atomic E-state index is 14.0. The minimum absolute atomic E-state index is 0.0736. The molecule has 0 aromatic heterocycles. The van der Waals surface area contributed by atoms with Gasteiger partial charge in [0.05, 0.1) is 11.4 Å². The first-order chi connectivity index (χ1) is 15.9. The molecule has 2 aromatic carbocycles. The smallest absolute Gasteiger partial charge is 0.246 e. The number of anilines is 2. The van der Waals surface area contributed by atoms with Crippen LogP contribution in [-0.4, -0.2) is 44.8 Å². The summed E-state index contributed by atoms with van der Waals surface area (Å²) in [4.78, 5) is 14.6. The van der Waals surface area contributed by atoms with Crippen LogP contribution in [0.3, 0.4) is 0 Å². The predicted octanol–water partition coefficient (Wildman–Crippen LogP) is 4.38. The van der Waals surface area contributed by atoms with E-state index in [4.69, 9.17) is 0 Å². The summed E-state index contributed by atoms with van der Waals surface area (Å²) in [7, 11) is -4.17. The largest absolute Gasteiger partial charge is 0.370 e. The molecule has 0 atom stereocenters. The second-order valence-electron chi connectivity index (χ2n) is 8.66. The van der Waals surface area contributed by atoms with Crippen molar-refractivity contribution in [1.29, 1.82) is 0 Å². The zero-order valence-corrected chi connectivity index (χ0v) is 19.3. The van der Waals surface area contributed by atoms with Gasteiger partial charge in [-0.05, 0) is 56.0 Å². The van der Waals surface area contributed by atoms with Crippen LogP contribution in [-0.2, 0) is 14.8 Å². The fourth-order valence-electron chi connectivity index (χ4n) is 4.57. The highest BCUT2D eigenvalue weighted by molar-refractivity contribution is 7.89. The molecular weight excluding hydrogens is 448 g/mol. The minimum atomic E-state index is -4.17. The van der Waals surface area contributed by atoms with Gasteiger partial charge in [-0.3, -0.25) is 4.79 Å². The highest BCUT2D eigenvalue weighted by Gasteiger charge is 2.34. The summed E-state index contributed by atoms with van der Waals surface area (Å²) in [6, 6.07) is 10.2. The van der Waals surface area contributed by atoms with E-state index in [0.717, 1.165) is 53.7 Å². The molecule has 0 bridgehead atoms. The molecule has 9 heteroatoms. The van der Waals surface area contributed by atoms with Crippen LogP contribution < -0.4 is 10.2 Å². The van der Waals surface area contributed by atoms with Gasteiger partial charge in [0.15, 0.2) is 0 Å². The summed E-state index contributed by atoms with van der Waals surface area (Å²) >= 11 is 0. The maximum Gasteiger partial charge on any atom is 0.246 e. The third-order valence-electron chi connectivity index (χ3n) is 6.44. The molecule has 2 fully saturated rings. The molecule has 178 valence electrons. The van der Waals surface area contributed by atoms with Crippen LogP contribution in [0.4, 0.5) is 20.2 Å². The van der Waals surface area contributed by atoms with Gasteiger partial charge in [-0.25, -0.2) is 17.2 Å². The Labute approximate surface area is 193 Å². The first-order valence-corrected chi connectivity index (χ1v) is 12.9. The van der Waals surface area contributed by atoms with Gasteiger partial charge in [0.2, 0.25) is 15.9 Å². The first kappa shape index (κ1) is 23.6. The van der Waals surface area contributed by atoms with E-state index in [1.54, 1.807) is 0 Å². The summed E-state index contributed by atoms with van der Waals surface area (Å²) < 4.78 is 54.2. The summed E-state index contributed by atoms with van der Waals surface area (Å²) in [6.07, 6.45) is 5.31. The molecule has 2 aromatic rings. The summed E-state index contributed by atoms with van der Waals surface area (Å²) in [5.74, 6) is -2.30. The predicted molar refractivity (Wildman–Crippen MR) is 124 cm³/mol. The first-order valence-electron chi connectivity index (χ1n) is 11.5. The lowest BCUT2D eigenvalue weighted by Gasteiger charge is -2.31. The number of hydrogen-bond donors (Lipinski definition) is 1. The normalized spacial score (nSPS) is 18.7. The molecule has 0 unspecified atom stereocenters. The molecule has 33 heavy (non-hydrogen) atoms. The van der Waals surface area contributed by atoms with Crippen LogP contribution in [0.2, 0.25) is 0 Å². The van der Waals surface area contributed by atoms with Gasteiger partial charge >= 0.3 is 0 Å². The average molecular weight is 478 g/mol. The number of nitrogens with one attached hydrogen (secondary N) is 1. The summed E-state index contributed by atoms with van der Waals surface area (Å²) in [5.41, 5.74) is 1.77. The molecule has 2 saturated heterocycles. The number of nitrogens with zero attached hydrogens (tertiary/aromatic N) is 2. The average Bonchev–Trinajstić information content (AvgIpc) is 3.10. The Morgan fingerprint density at radius 3 is 2.27 bits per heavy atom. The van der Waals surface area contributed by atoms with E-state index in [-0.39, 0.29) is 24.9 Å². The van der Waals surface area contributed by atoms with E-state index >= 15 is 0 Å². The van der Waals surface area contributed by atoms with Crippen LogP contribution >= 0.6 is 0 Å². The van der Waals surface area contributed by atoms with Crippen LogP contribution in [0.25, 0.3) is 0 Å². The van der Waals surface area contributed by atoms with Crippen molar-refractivity contribution < 1.29 is 22.0 Å². The molecule has 0 aliphatic carbocycles. The van der Waals surface area contributed by atoms with Crippen molar-refractivity contribution >= 4 is 27.3 Å². The van der Waals surface area contributed by atoms with Crippen molar-refractivity contribution in [3.63, 3.8) is 0 Å². The Kier molecular flexibility index (Phi) is 7.29. The van der Waals surface area contributed by atoms with E-state index in [9.17, 15) is 22.0 Å². The molecule has 0 radical (unpaired) electrons. The number of rotatable bonds is 5. The molecule has 6 nitrogen and oxygen atoms in total. The SMILES string of the molecule is O=C(Nc1ccccc1N1CCCCCC1)C1CCN(S(=O)(=O)c2cc(F)ccc2F)CC1. The number of benzene rings is 2. The lowest BCUT2D eigenvalue weighted by atomic mass is 9.97. The van der Waals surface area contributed by atoms with Gasteiger partial charge < -0.3 is 10.2 Å². The van der Waals surface area contributed by atoms with Gasteiger partial charge in [-0.15, -0.1) is 0 Å². The number of carbonyl (C=O) groups excluding carboxylic acids is 1. The second-order valence-corrected chi connectivity index (χ2v) is 10.6. The van der Waals surface area contributed by atoms with E-state index in [0.29, 0.717) is 18.9 Å². The molecule has 2 aliphatic heterocycles. The van der Waals surface area contributed by atoms with E-state index in [1.807, 2.05) is 24.3 Å². The molecule has 2 heterocycles. The molecule has 1 N–H and O–H groups in total. The lowest BCUT2D eigenvalue weighted by molar-refractivity contribution is -0.120. The Balaban J connectivity index is 1.41. The van der Waals surface area contributed by atoms with Crippen LogP contribution in [0, 0.1) is 17.6 Å². The molecular formula is C24H29F2N3O3S. The zero-order chi connectivity index (χ0) is 23.4. The highest BCUT2D eigenvalue weighted by atomic mass is 32.2. The van der Waals surface area contributed by atoms with Crippen molar-refractivity contribution in [1.82, 2.24) is 4.31 Å². The maximum atomic E-state index is 14.0.